The topological polar surface area (TPSA) is 75.4 Å². The summed E-state index contributed by atoms with van der Waals surface area (Å²) in [5, 5.41) is 2.94. The second-order valence-electron chi connectivity index (χ2n) is 7.85. The summed E-state index contributed by atoms with van der Waals surface area (Å²) in [4.78, 5) is 31.7. The Morgan fingerprint density at radius 3 is 2.83 bits per heavy atom. The summed E-state index contributed by atoms with van der Waals surface area (Å²) in [7, 11) is 0. The average Bonchev–Trinajstić information content (AvgIpc) is 3.37. The first-order valence-electron chi connectivity index (χ1n) is 9.72. The van der Waals surface area contributed by atoms with E-state index in [1.807, 2.05) is 50.2 Å². The molecule has 29 heavy (non-hydrogen) atoms. The number of aromatic nitrogens is 1. The fraction of sp³-hybridized carbons (Fsp3) is 0.261. The molecule has 3 aromatic rings. The lowest BCUT2D eigenvalue weighted by atomic mass is 9.92. The van der Waals surface area contributed by atoms with Crippen molar-refractivity contribution < 1.29 is 14.0 Å². The van der Waals surface area contributed by atoms with Gasteiger partial charge in [0.05, 0.1) is 12.2 Å². The molecule has 1 spiro atoms. The maximum Gasteiger partial charge on any atom is 0.325 e. The lowest BCUT2D eigenvalue weighted by Crippen LogP contribution is -2.41. The number of oxazole rings is 1. The molecule has 1 atom stereocenters. The summed E-state index contributed by atoms with van der Waals surface area (Å²) in [6, 6.07) is 13.5. The van der Waals surface area contributed by atoms with Crippen LogP contribution in [0.4, 0.5) is 4.79 Å². The molecule has 6 heteroatoms. The van der Waals surface area contributed by atoms with Crippen LogP contribution in [-0.2, 0) is 23.3 Å². The standard InChI is InChI=1S/C23H21N3O3/c1-14-7-8-18(15(2)11-14)20-24-17(13-29-20)12-26-21(27)23(25-22(26)28)10-9-16-5-3-4-6-19(16)23/h3-8,11,13H,9-10,12H2,1-2H3,(H,25,28)/t23-/m0/s1. The zero-order chi connectivity index (χ0) is 20.2. The quantitative estimate of drug-likeness (QED) is 0.693. The summed E-state index contributed by atoms with van der Waals surface area (Å²) in [6.45, 7) is 4.13. The van der Waals surface area contributed by atoms with Gasteiger partial charge in [-0.15, -0.1) is 0 Å². The first-order valence-corrected chi connectivity index (χ1v) is 9.72. The minimum Gasteiger partial charge on any atom is -0.444 e. The molecule has 2 heterocycles. The highest BCUT2D eigenvalue weighted by Gasteiger charge is 2.55. The number of nitrogens with zero attached hydrogens (tertiary/aromatic N) is 2. The molecule has 0 bridgehead atoms. The van der Waals surface area contributed by atoms with Crippen LogP contribution in [0, 0.1) is 13.8 Å². The Hall–Kier alpha value is -3.41. The van der Waals surface area contributed by atoms with E-state index in [1.54, 1.807) is 0 Å². The number of aryl methyl sites for hydroxylation is 3. The predicted octanol–water partition coefficient (Wildman–Crippen LogP) is 3.85. The summed E-state index contributed by atoms with van der Waals surface area (Å²) in [5.74, 6) is 0.272. The predicted molar refractivity (Wildman–Crippen MR) is 107 cm³/mol. The largest absolute Gasteiger partial charge is 0.444 e. The number of fused-ring (bicyclic) bond motifs is 2. The zero-order valence-corrected chi connectivity index (χ0v) is 16.4. The van der Waals surface area contributed by atoms with E-state index in [0.29, 0.717) is 18.0 Å². The number of carbonyl (C=O) groups is 2. The van der Waals surface area contributed by atoms with Gasteiger partial charge in [-0.3, -0.25) is 9.69 Å². The third kappa shape index (κ3) is 2.67. The van der Waals surface area contributed by atoms with Crippen molar-refractivity contribution in [3.8, 4) is 11.5 Å². The lowest BCUT2D eigenvalue weighted by molar-refractivity contribution is -0.132. The van der Waals surface area contributed by atoms with E-state index in [2.05, 4.69) is 16.4 Å². The van der Waals surface area contributed by atoms with Crippen molar-refractivity contribution in [2.45, 2.75) is 38.8 Å². The molecule has 6 nitrogen and oxygen atoms in total. The molecule has 146 valence electrons. The molecular weight excluding hydrogens is 366 g/mol. The van der Waals surface area contributed by atoms with Crippen LogP contribution < -0.4 is 5.32 Å². The van der Waals surface area contributed by atoms with Gasteiger partial charge < -0.3 is 9.73 Å². The van der Waals surface area contributed by atoms with Crippen molar-refractivity contribution in [3.63, 3.8) is 0 Å². The minimum absolute atomic E-state index is 0.0863. The third-order valence-electron chi connectivity index (χ3n) is 5.91. The summed E-state index contributed by atoms with van der Waals surface area (Å²) >= 11 is 0. The maximum atomic E-state index is 13.3. The van der Waals surface area contributed by atoms with E-state index in [9.17, 15) is 9.59 Å². The number of amides is 3. The number of carbonyl (C=O) groups excluding carboxylic acids is 2. The van der Waals surface area contributed by atoms with E-state index < -0.39 is 5.54 Å². The molecule has 1 aliphatic carbocycles. The highest BCUT2D eigenvalue weighted by Crippen LogP contribution is 2.41. The Labute approximate surface area is 168 Å². The van der Waals surface area contributed by atoms with Gasteiger partial charge >= 0.3 is 6.03 Å². The van der Waals surface area contributed by atoms with E-state index in [4.69, 9.17) is 4.42 Å². The Morgan fingerprint density at radius 2 is 2.00 bits per heavy atom. The van der Waals surface area contributed by atoms with Crippen molar-refractivity contribution in [2.24, 2.45) is 0 Å². The fourth-order valence-electron chi connectivity index (χ4n) is 4.45. The molecule has 1 aliphatic heterocycles. The Kier molecular flexibility index (Phi) is 3.84. The maximum absolute atomic E-state index is 13.3. The molecule has 1 saturated heterocycles. The van der Waals surface area contributed by atoms with Gasteiger partial charge in [0, 0.05) is 5.56 Å². The summed E-state index contributed by atoms with van der Waals surface area (Å²) < 4.78 is 5.64. The average molecular weight is 387 g/mol. The summed E-state index contributed by atoms with van der Waals surface area (Å²) in [6.07, 6.45) is 2.87. The second kappa shape index (κ2) is 6.30. The van der Waals surface area contributed by atoms with Crippen LogP contribution in [0.1, 0.15) is 34.4 Å². The van der Waals surface area contributed by atoms with Crippen LogP contribution in [-0.4, -0.2) is 21.8 Å². The Balaban J connectivity index is 1.42. The molecule has 0 unspecified atom stereocenters. The fourth-order valence-corrected chi connectivity index (χ4v) is 4.45. The number of urea groups is 1. The summed E-state index contributed by atoms with van der Waals surface area (Å²) in [5.41, 5.74) is 4.74. The zero-order valence-electron chi connectivity index (χ0n) is 16.4. The van der Waals surface area contributed by atoms with Crippen LogP contribution in [0.3, 0.4) is 0 Å². The second-order valence-corrected chi connectivity index (χ2v) is 7.85. The first-order chi connectivity index (χ1) is 14.0. The molecule has 0 saturated carbocycles. The lowest BCUT2D eigenvalue weighted by Gasteiger charge is -2.22. The normalized spacial score (nSPS) is 20.4. The molecule has 2 aromatic carbocycles. The first kappa shape index (κ1) is 17.7. The van der Waals surface area contributed by atoms with Crippen LogP contribution in [0.15, 0.2) is 53.1 Å². The van der Waals surface area contributed by atoms with Crippen LogP contribution in [0.5, 0.6) is 0 Å². The van der Waals surface area contributed by atoms with E-state index in [1.165, 1.54) is 16.7 Å². The van der Waals surface area contributed by atoms with Gasteiger partial charge in [-0.2, -0.15) is 0 Å². The van der Waals surface area contributed by atoms with E-state index in [-0.39, 0.29) is 18.5 Å². The van der Waals surface area contributed by atoms with Gasteiger partial charge in [-0.05, 0) is 49.4 Å². The van der Waals surface area contributed by atoms with Gasteiger partial charge in [0.2, 0.25) is 5.89 Å². The van der Waals surface area contributed by atoms with Gasteiger partial charge in [-0.1, -0.05) is 42.0 Å². The molecule has 1 fully saturated rings. The molecule has 2 aliphatic rings. The minimum atomic E-state index is -0.951. The number of benzene rings is 2. The highest BCUT2D eigenvalue weighted by molar-refractivity contribution is 6.08. The van der Waals surface area contributed by atoms with Gasteiger partial charge in [0.1, 0.15) is 11.8 Å². The monoisotopic (exact) mass is 387 g/mol. The third-order valence-corrected chi connectivity index (χ3v) is 5.91. The van der Waals surface area contributed by atoms with Gasteiger partial charge in [0.25, 0.3) is 5.91 Å². The van der Waals surface area contributed by atoms with E-state index in [0.717, 1.165) is 28.7 Å². The van der Waals surface area contributed by atoms with Crippen LogP contribution in [0.25, 0.3) is 11.5 Å². The van der Waals surface area contributed by atoms with Gasteiger partial charge in [0.15, 0.2) is 0 Å². The van der Waals surface area contributed by atoms with Crippen molar-refractivity contribution in [2.75, 3.05) is 0 Å². The number of hydrogen-bond acceptors (Lipinski definition) is 4. The molecule has 5 rings (SSSR count). The number of nitrogens with one attached hydrogen (secondary N) is 1. The molecule has 1 N–H and O–H groups in total. The molecule has 0 radical (unpaired) electrons. The van der Waals surface area contributed by atoms with Crippen molar-refractivity contribution >= 4 is 11.9 Å². The molecule has 1 aromatic heterocycles. The van der Waals surface area contributed by atoms with Crippen LogP contribution in [0.2, 0.25) is 0 Å². The van der Waals surface area contributed by atoms with Crippen molar-refractivity contribution in [3.05, 3.63) is 76.7 Å². The van der Waals surface area contributed by atoms with E-state index >= 15 is 0 Å². The number of rotatable bonds is 3. The Bertz CT molecular complexity index is 1150. The van der Waals surface area contributed by atoms with Crippen molar-refractivity contribution in [1.82, 2.24) is 15.2 Å². The Morgan fingerprint density at radius 1 is 1.17 bits per heavy atom. The SMILES string of the molecule is Cc1ccc(-c2nc(CN3C(=O)N[C@]4(CCc5ccccc54)C3=O)co2)c(C)c1. The van der Waals surface area contributed by atoms with Crippen molar-refractivity contribution in [1.29, 1.82) is 0 Å². The smallest absolute Gasteiger partial charge is 0.325 e. The van der Waals surface area contributed by atoms with Crippen LogP contribution >= 0.6 is 0 Å². The highest BCUT2D eigenvalue weighted by atomic mass is 16.3. The number of hydrogen-bond donors (Lipinski definition) is 1. The molecule has 3 amide bonds. The van der Waals surface area contributed by atoms with Gasteiger partial charge in [-0.25, -0.2) is 9.78 Å². The molecular formula is C23H21N3O3. The number of imide groups is 1.